The standard InChI is InChI=1S/C18H26FNO/c1-14-6-7-15(11-16(14)19)12-20-10-4-9-18(13-20)8-3-5-17(18)21-2/h6-7,11,17H,3-5,8-10,12-13H2,1-2H3/t17-,18-/m1/s1. The van der Waals surface area contributed by atoms with E-state index in [1.54, 1.807) is 6.07 Å². The van der Waals surface area contributed by atoms with Gasteiger partial charge in [0.05, 0.1) is 6.10 Å². The van der Waals surface area contributed by atoms with Crippen molar-refractivity contribution in [1.29, 1.82) is 0 Å². The van der Waals surface area contributed by atoms with E-state index in [0.717, 1.165) is 30.8 Å². The van der Waals surface area contributed by atoms with Gasteiger partial charge in [-0.25, -0.2) is 4.39 Å². The molecule has 1 saturated carbocycles. The zero-order valence-corrected chi connectivity index (χ0v) is 13.2. The summed E-state index contributed by atoms with van der Waals surface area (Å²) in [7, 11) is 1.85. The van der Waals surface area contributed by atoms with Crippen LogP contribution < -0.4 is 0 Å². The number of methoxy groups -OCH3 is 1. The summed E-state index contributed by atoms with van der Waals surface area (Å²) in [4.78, 5) is 2.49. The number of benzene rings is 1. The Hall–Kier alpha value is -0.930. The fraction of sp³-hybridized carbons (Fsp3) is 0.667. The summed E-state index contributed by atoms with van der Waals surface area (Å²) in [6.07, 6.45) is 6.69. The highest BCUT2D eigenvalue weighted by Gasteiger charge is 2.45. The van der Waals surface area contributed by atoms with Gasteiger partial charge in [0.15, 0.2) is 0 Å². The van der Waals surface area contributed by atoms with Crippen molar-refractivity contribution in [2.45, 2.75) is 51.7 Å². The van der Waals surface area contributed by atoms with E-state index in [-0.39, 0.29) is 5.82 Å². The SMILES string of the molecule is CO[C@@H]1CCC[C@]12CCCN(Cc1ccc(C)c(F)c1)C2. The number of aryl methyl sites for hydroxylation is 1. The molecule has 1 aliphatic carbocycles. The molecule has 0 unspecified atom stereocenters. The first-order chi connectivity index (χ1) is 10.1. The summed E-state index contributed by atoms with van der Waals surface area (Å²) in [6.45, 7) is 4.89. The highest BCUT2D eigenvalue weighted by molar-refractivity contribution is 5.23. The van der Waals surface area contributed by atoms with Crippen LogP contribution in [0.25, 0.3) is 0 Å². The molecule has 21 heavy (non-hydrogen) atoms. The van der Waals surface area contributed by atoms with Crippen LogP contribution in [0.4, 0.5) is 4.39 Å². The van der Waals surface area contributed by atoms with Crippen LogP contribution in [0, 0.1) is 18.2 Å². The van der Waals surface area contributed by atoms with Crippen molar-refractivity contribution in [1.82, 2.24) is 4.90 Å². The van der Waals surface area contributed by atoms with Gasteiger partial charge in [0.1, 0.15) is 5.82 Å². The van der Waals surface area contributed by atoms with Crippen molar-refractivity contribution < 1.29 is 9.13 Å². The van der Waals surface area contributed by atoms with Gasteiger partial charge in [0.25, 0.3) is 0 Å². The first-order valence-corrected chi connectivity index (χ1v) is 8.13. The van der Waals surface area contributed by atoms with Crippen molar-refractivity contribution in [2.75, 3.05) is 20.2 Å². The molecule has 0 bridgehead atoms. The van der Waals surface area contributed by atoms with E-state index in [0.29, 0.717) is 11.5 Å². The molecule has 1 aromatic carbocycles. The van der Waals surface area contributed by atoms with Gasteiger partial charge < -0.3 is 4.74 Å². The van der Waals surface area contributed by atoms with Crippen LogP contribution in [0.3, 0.4) is 0 Å². The summed E-state index contributed by atoms with van der Waals surface area (Å²) in [6, 6.07) is 5.64. The molecular formula is C18H26FNO. The number of halogens is 1. The molecule has 116 valence electrons. The zero-order chi connectivity index (χ0) is 14.9. The van der Waals surface area contributed by atoms with Gasteiger partial charge in [-0.05, 0) is 56.3 Å². The smallest absolute Gasteiger partial charge is 0.126 e. The Bertz CT molecular complexity index is 504. The summed E-state index contributed by atoms with van der Waals surface area (Å²) >= 11 is 0. The maximum absolute atomic E-state index is 13.7. The lowest BCUT2D eigenvalue weighted by atomic mass is 9.76. The second-order valence-corrected chi connectivity index (χ2v) is 6.88. The van der Waals surface area contributed by atoms with Gasteiger partial charge in [-0.1, -0.05) is 18.6 Å². The minimum Gasteiger partial charge on any atom is -0.381 e. The van der Waals surface area contributed by atoms with Crippen LogP contribution in [-0.4, -0.2) is 31.2 Å². The molecule has 1 saturated heterocycles. The maximum Gasteiger partial charge on any atom is 0.126 e. The molecule has 0 amide bonds. The Morgan fingerprint density at radius 3 is 2.90 bits per heavy atom. The Balaban J connectivity index is 1.70. The van der Waals surface area contributed by atoms with Crippen molar-refractivity contribution in [2.24, 2.45) is 5.41 Å². The highest BCUT2D eigenvalue weighted by Crippen LogP contribution is 2.46. The summed E-state index contributed by atoms with van der Waals surface area (Å²) in [5.41, 5.74) is 2.15. The number of ether oxygens (including phenoxy) is 1. The minimum absolute atomic E-state index is 0.0881. The second kappa shape index (κ2) is 6.05. The van der Waals surface area contributed by atoms with Crippen LogP contribution in [0.15, 0.2) is 18.2 Å². The van der Waals surface area contributed by atoms with Crippen molar-refractivity contribution >= 4 is 0 Å². The normalized spacial score (nSPS) is 30.1. The van der Waals surface area contributed by atoms with E-state index >= 15 is 0 Å². The van der Waals surface area contributed by atoms with E-state index in [2.05, 4.69) is 11.0 Å². The Labute approximate surface area is 127 Å². The summed E-state index contributed by atoms with van der Waals surface area (Å²) in [5, 5.41) is 0. The van der Waals surface area contributed by atoms with E-state index in [9.17, 15) is 4.39 Å². The third-order valence-corrected chi connectivity index (χ3v) is 5.44. The van der Waals surface area contributed by atoms with Gasteiger partial charge in [-0.15, -0.1) is 0 Å². The third-order valence-electron chi connectivity index (χ3n) is 5.44. The predicted molar refractivity (Wildman–Crippen MR) is 82.7 cm³/mol. The monoisotopic (exact) mass is 291 g/mol. The largest absolute Gasteiger partial charge is 0.381 e. The number of likely N-dealkylation sites (tertiary alicyclic amines) is 1. The molecule has 1 heterocycles. The Morgan fingerprint density at radius 2 is 2.14 bits per heavy atom. The number of hydrogen-bond donors (Lipinski definition) is 0. The molecule has 2 nitrogen and oxygen atoms in total. The average Bonchev–Trinajstić information content (AvgIpc) is 2.85. The Morgan fingerprint density at radius 1 is 1.33 bits per heavy atom. The first-order valence-electron chi connectivity index (χ1n) is 8.13. The molecule has 3 rings (SSSR count). The molecule has 1 aliphatic heterocycles. The third kappa shape index (κ3) is 3.00. The van der Waals surface area contributed by atoms with Gasteiger partial charge in [0.2, 0.25) is 0 Å². The lowest BCUT2D eigenvalue weighted by Gasteiger charge is -2.43. The number of rotatable bonds is 3. The lowest BCUT2D eigenvalue weighted by molar-refractivity contribution is -0.0366. The number of piperidine rings is 1. The van der Waals surface area contributed by atoms with Crippen LogP contribution in [-0.2, 0) is 11.3 Å². The van der Waals surface area contributed by atoms with E-state index in [1.165, 1.54) is 32.1 Å². The van der Waals surface area contributed by atoms with Crippen molar-refractivity contribution in [3.05, 3.63) is 35.1 Å². The lowest BCUT2D eigenvalue weighted by Crippen LogP contribution is -2.47. The zero-order valence-electron chi connectivity index (χ0n) is 13.2. The van der Waals surface area contributed by atoms with E-state index in [4.69, 9.17) is 4.74 Å². The summed E-state index contributed by atoms with van der Waals surface area (Å²) < 4.78 is 19.5. The fourth-order valence-electron chi connectivity index (χ4n) is 4.33. The molecular weight excluding hydrogens is 265 g/mol. The molecule has 0 radical (unpaired) electrons. The molecule has 2 atom stereocenters. The van der Waals surface area contributed by atoms with E-state index in [1.807, 2.05) is 20.1 Å². The summed E-state index contributed by atoms with van der Waals surface area (Å²) in [5.74, 6) is -0.0881. The average molecular weight is 291 g/mol. The van der Waals surface area contributed by atoms with Crippen LogP contribution in [0.1, 0.15) is 43.2 Å². The predicted octanol–water partition coefficient (Wildman–Crippen LogP) is 3.92. The van der Waals surface area contributed by atoms with Crippen LogP contribution in [0.5, 0.6) is 0 Å². The molecule has 2 fully saturated rings. The van der Waals surface area contributed by atoms with Crippen molar-refractivity contribution in [3.63, 3.8) is 0 Å². The Kier molecular flexibility index (Phi) is 4.32. The highest BCUT2D eigenvalue weighted by atomic mass is 19.1. The molecule has 2 aliphatic rings. The molecule has 1 aromatic rings. The van der Waals surface area contributed by atoms with Gasteiger partial charge in [-0.2, -0.15) is 0 Å². The molecule has 1 spiro atoms. The number of nitrogens with zero attached hydrogens (tertiary/aromatic N) is 1. The van der Waals surface area contributed by atoms with Gasteiger partial charge in [-0.3, -0.25) is 4.90 Å². The van der Waals surface area contributed by atoms with Gasteiger partial charge >= 0.3 is 0 Å². The maximum atomic E-state index is 13.7. The van der Waals surface area contributed by atoms with Crippen molar-refractivity contribution in [3.8, 4) is 0 Å². The fourth-order valence-corrected chi connectivity index (χ4v) is 4.33. The molecule has 3 heteroatoms. The topological polar surface area (TPSA) is 12.5 Å². The van der Waals surface area contributed by atoms with E-state index < -0.39 is 0 Å². The minimum atomic E-state index is -0.0881. The molecule has 0 N–H and O–H groups in total. The quantitative estimate of drug-likeness (QED) is 0.837. The number of hydrogen-bond acceptors (Lipinski definition) is 2. The van der Waals surface area contributed by atoms with Crippen LogP contribution >= 0.6 is 0 Å². The first kappa shape index (κ1) is 15.0. The molecule has 0 aromatic heterocycles. The van der Waals surface area contributed by atoms with Crippen LogP contribution in [0.2, 0.25) is 0 Å². The van der Waals surface area contributed by atoms with Gasteiger partial charge in [0, 0.05) is 25.6 Å². The second-order valence-electron chi connectivity index (χ2n) is 6.88.